The predicted molar refractivity (Wildman–Crippen MR) is 68.9 cm³/mol. The number of hydrogen-bond acceptors (Lipinski definition) is 5. The van der Waals surface area contributed by atoms with E-state index >= 15 is 0 Å². The molecule has 1 saturated carbocycles. The van der Waals surface area contributed by atoms with Crippen molar-refractivity contribution in [2.75, 3.05) is 26.3 Å². The van der Waals surface area contributed by atoms with Gasteiger partial charge in [0.15, 0.2) is 0 Å². The molecule has 1 saturated heterocycles. The lowest BCUT2D eigenvalue weighted by molar-refractivity contribution is -0.132. The standard InChI is InChI=1S/C12H22N4O3/c13-15-11(17)2-1-5-16-6-7-19-8-10(16)12(18)14-9-3-4-9/h9-10H,1-8,13H2,(H,14,18)(H,15,17). The molecule has 1 atom stereocenters. The summed E-state index contributed by atoms with van der Waals surface area (Å²) in [6, 6.07) is 0.134. The Morgan fingerprint density at radius 3 is 2.84 bits per heavy atom. The van der Waals surface area contributed by atoms with E-state index < -0.39 is 0 Å². The van der Waals surface area contributed by atoms with Crippen molar-refractivity contribution in [3.05, 3.63) is 0 Å². The fourth-order valence-electron chi connectivity index (χ4n) is 2.19. The number of hydrogen-bond donors (Lipinski definition) is 3. The highest BCUT2D eigenvalue weighted by Gasteiger charge is 2.32. The van der Waals surface area contributed by atoms with E-state index in [1.54, 1.807) is 0 Å². The van der Waals surface area contributed by atoms with Crippen LogP contribution in [0.15, 0.2) is 0 Å². The highest BCUT2D eigenvalue weighted by Crippen LogP contribution is 2.19. The third-order valence-electron chi connectivity index (χ3n) is 3.48. The number of carbonyl (C=O) groups excluding carboxylic acids is 2. The van der Waals surface area contributed by atoms with Crippen LogP contribution in [0.5, 0.6) is 0 Å². The molecule has 108 valence electrons. The molecule has 4 N–H and O–H groups in total. The second kappa shape index (κ2) is 6.83. The molecule has 7 nitrogen and oxygen atoms in total. The Morgan fingerprint density at radius 1 is 1.37 bits per heavy atom. The lowest BCUT2D eigenvalue weighted by Crippen LogP contribution is -2.54. The maximum absolute atomic E-state index is 12.1. The van der Waals surface area contributed by atoms with Gasteiger partial charge in [0.1, 0.15) is 6.04 Å². The van der Waals surface area contributed by atoms with E-state index in [0.717, 1.165) is 19.4 Å². The van der Waals surface area contributed by atoms with Crippen molar-refractivity contribution < 1.29 is 14.3 Å². The molecular weight excluding hydrogens is 248 g/mol. The van der Waals surface area contributed by atoms with Crippen molar-refractivity contribution in [2.45, 2.75) is 37.8 Å². The number of ether oxygens (including phenoxy) is 1. The summed E-state index contributed by atoms with van der Waals surface area (Å²) in [5.41, 5.74) is 2.11. The number of nitrogens with zero attached hydrogens (tertiary/aromatic N) is 1. The minimum absolute atomic E-state index is 0.0467. The normalized spacial score (nSPS) is 23.9. The molecule has 0 aromatic heterocycles. The van der Waals surface area contributed by atoms with Gasteiger partial charge < -0.3 is 10.1 Å². The van der Waals surface area contributed by atoms with Gasteiger partial charge in [-0.25, -0.2) is 5.84 Å². The van der Waals surface area contributed by atoms with Crippen LogP contribution < -0.4 is 16.6 Å². The highest BCUT2D eigenvalue weighted by atomic mass is 16.5. The first-order chi connectivity index (χ1) is 9.20. The van der Waals surface area contributed by atoms with E-state index in [1.807, 2.05) is 0 Å². The first kappa shape index (κ1) is 14.2. The zero-order valence-electron chi connectivity index (χ0n) is 11.1. The molecule has 0 bridgehead atoms. The number of hydrazine groups is 1. The van der Waals surface area contributed by atoms with Crippen LogP contribution in [0.2, 0.25) is 0 Å². The maximum atomic E-state index is 12.1. The second-order valence-corrected chi connectivity index (χ2v) is 5.08. The lowest BCUT2D eigenvalue weighted by Gasteiger charge is -2.34. The molecule has 2 fully saturated rings. The van der Waals surface area contributed by atoms with Gasteiger partial charge >= 0.3 is 0 Å². The van der Waals surface area contributed by atoms with E-state index in [9.17, 15) is 9.59 Å². The number of nitrogens with two attached hydrogens (primary N) is 1. The second-order valence-electron chi connectivity index (χ2n) is 5.08. The molecule has 7 heteroatoms. The lowest BCUT2D eigenvalue weighted by atomic mass is 10.2. The summed E-state index contributed by atoms with van der Waals surface area (Å²) in [5.74, 6) is 4.90. The van der Waals surface area contributed by atoms with E-state index in [2.05, 4.69) is 15.6 Å². The zero-order chi connectivity index (χ0) is 13.7. The number of carbonyl (C=O) groups is 2. The van der Waals surface area contributed by atoms with Crippen LogP contribution in [0.1, 0.15) is 25.7 Å². The predicted octanol–water partition coefficient (Wildman–Crippen LogP) is -1.26. The highest BCUT2D eigenvalue weighted by molar-refractivity contribution is 5.82. The minimum Gasteiger partial charge on any atom is -0.378 e. The molecule has 0 spiro atoms. The molecule has 1 aliphatic heterocycles. The summed E-state index contributed by atoms with van der Waals surface area (Å²) >= 11 is 0. The smallest absolute Gasteiger partial charge is 0.239 e. The quantitative estimate of drug-likeness (QED) is 0.318. The largest absolute Gasteiger partial charge is 0.378 e. The average molecular weight is 270 g/mol. The molecule has 0 radical (unpaired) electrons. The molecule has 2 amide bonds. The van der Waals surface area contributed by atoms with Gasteiger partial charge in [-0.3, -0.25) is 19.9 Å². The number of amides is 2. The van der Waals surface area contributed by atoms with Crippen molar-refractivity contribution in [2.24, 2.45) is 5.84 Å². The van der Waals surface area contributed by atoms with Crippen molar-refractivity contribution in [3.8, 4) is 0 Å². The van der Waals surface area contributed by atoms with Gasteiger partial charge in [0.25, 0.3) is 0 Å². The summed E-state index contributed by atoms with van der Waals surface area (Å²) in [7, 11) is 0. The average Bonchev–Trinajstić information content (AvgIpc) is 3.23. The topological polar surface area (TPSA) is 96.7 Å². The Morgan fingerprint density at radius 2 is 2.16 bits per heavy atom. The first-order valence-corrected chi connectivity index (χ1v) is 6.82. The third-order valence-corrected chi connectivity index (χ3v) is 3.48. The molecule has 2 rings (SSSR count). The van der Waals surface area contributed by atoms with Crippen LogP contribution in [0.4, 0.5) is 0 Å². The molecule has 0 aromatic carbocycles. The Kier molecular flexibility index (Phi) is 5.12. The number of rotatable bonds is 6. The number of nitrogens with one attached hydrogen (secondary N) is 2. The fourth-order valence-corrected chi connectivity index (χ4v) is 2.19. The van der Waals surface area contributed by atoms with Crippen LogP contribution in [0.25, 0.3) is 0 Å². The van der Waals surface area contributed by atoms with Crippen molar-refractivity contribution in [1.29, 1.82) is 0 Å². The third kappa shape index (κ3) is 4.45. The van der Waals surface area contributed by atoms with Gasteiger partial charge in [0.2, 0.25) is 11.8 Å². The maximum Gasteiger partial charge on any atom is 0.239 e. The molecule has 1 unspecified atom stereocenters. The van der Waals surface area contributed by atoms with Crippen LogP contribution in [-0.4, -0.2) is 55.1 Å². The molecule has 1 aliphatic carbocycles. The Labute approximate surface area is 112 Å². The van der Waals surface area contributed by atoms with Gasteiger partial charge in [-0.05, 0) is 25.8 Å². The SMILES string of the molecule is NNC(=O)CCCN1CCOCC1C(=O)NC1CC1. The molecule has 1 heterocycles. The molecular formula is C12H22N4O3. The Balaban J connectivity index is 1.77. The van der Waals surface area contributed by atoms with Gasteiger partial charge in [0.05, 0.1) is 13.2 Å². The van der Waals surface area contributed by atoms with Crippen LogP contribution in [0.3, 0.4) is 0 Å². The molecule has 19 heavy (non-hydrogen) atoms. The van der Waals surface area contributed by atoms with E-state index in [-0.39, 0.29) is 17.9 Å². The summed E-state index contributed by atoms with van der Waals surface area (Å²) < 4.78 is 5.38. The van der Waals surface area contributed by atoms with Crippen molar-refractivity contribution in [3.63, 3.8) is 0 Å². The van der Waals surface area contributed by atoms with Crippen LogP contribution in [0, 0.1) is 0 Å². The zero-order valence-corrected chi connectivity index (χ0v) is 11.1. The van der Waals surface area contributed by atoms with Gasteiger partial charge in [-0.2, -0.15) is 0 Å². The van der Waals surface area contributed by atoms with Crippen LogP contribution >= 0.6 is 0 Å². The van der Waals surface area contributed by atoms with E-state index in [0.29, 0.717) is 38.6 Å². The fraction of sp³-hybridized carbons (Fsp3) is 0.833. The monoisotopic (exact) mass is 270 g/mol. The van der Waals surface area contributed by atoms with E-state index in [1.165, 1.54) is 0 Å². The minimum atomic E-state index is -0.227. The van der Waals surface area contributed by atoms with Crippen molar-refractivity contribution >= 4 is 11.8 Å². The Hall–Kier alpha value is -1.18. The number of morpholine rings is 1. The van der Waals surface area contributed by atoms with Crippen LogP contribution in [-0.2, 0) is 14.3 Å². The first-order valence-electron chi connectivity index (χ1n) is 6.82. The molecule has 2 aliphatic rings. The summed E-state index contributed by atoms with van der Waals surface area (Å²) in [6.07, 6.45) is 3.23. The van der Waals surface area contributed by atoms with Gasteiger partial charge in [0, 0.05) is 19.0 Å². The van der Waals surface area contributed by atoms with E-state index in [4.69, 9.17) is 10.6 Å². The summed E-state index contributed by atoms with van der Waals surface area (Å²) in [4.78, 5) is 25.2. The molecule has 0 aromatic rings. The Bertz CT molecular complexity index is 333. The van der Waals surface area contributed by atoms with Gasteiger partial charge in [-0.15, -0.1) is 0 Å². The van der Waals surface area contributed by atoms with Gasteiger partial charge in [-0.1, -0.05) is 0 Å². The summed E-state index contributed by atoms with van der Waals surface area (Å²) in [6.45, 7) is 2.50. The van der Waals surface area contributed by atoms with Crippen molar-refractivity contribution in [1.82, 2.24) is 15.6 Å². The summed E-state index contributed by atoms with van der Waals surface area (Å²) in [5, 5.41) is 3.00.